The summed E-state index contributed by atoms with van der Waals surface area (Å²) in [6.07, 6.45) is 0. The van der Waals surface area contributed by atoms with Crippen LogP contribution in [0.5, 0.6) is 11.5 Å². The number of amides is 2. The molecule has 0 spiro atoms. The number of ether oxygens (including phenoxy) is 2. The number of rotatable bonds is 5. The van der Waals surface area contributed by atoms with Crippen LogP contribution in [0.4, 0.5) is 0 Å². The summed E-state index contributed by atoms with van der Waals surface area (Å²) in [6, 6.07) is 12.0. The van der Waals surface area contributed by atoms with Crippen molar-refractivity contribution in [2.75, 3.05) is 13.7 Å². The highest BCUT2D eigenvalue weighted by molar-refractivity contribution is 14.1. The van der Waals surface area contributed by atoms with E-state index in [0.29, 0.717) is 17.1 Å². The van der Waals surface area contributed by atoms with Gasteiger partial charge in [0.15, 0.2) is 11.7 Å². The number of methoxy groups -OCH3 is 1. The molecule has 2 rings (SSSR count). The van der Waals surface area contributed by atoms with Crippen molar-refractivity contribution < 1.29 is 19.1 Å². The summed E-state index contributed by atoms with van der Waals surface area (Å²) in [6.45, 7) is -0.214. The van der Waals surface area contributed by atoms with Gasteiger partial charge in [0.05, 0.1) is 10.7 Å². The molecule has 0 aliphatic heterocycles. The smallest absolute Gasteiger partial charge is 0.269 e. The lowest BCUT2D eigenvalue weighted by Gasteiger charge is -2.12. The zero-order chi connectivity index (χ0) is 19.8. The fourth-order valence-corrected chi connectivity index (χ4v) is 3.03. The summed E-state index contributed by atoms with van der Waals surface area (Å²) in [5.41, 5.74) is 5.30. The Labute approximate surface area is 183 Å². The van der Waals surface area contributed by atoms with Gasteiger partial charge in [-0.2, -0.15) is 0 Å². The molecule has 0 unspecified atom stereocenters. The topological polar surface area (TPSA) is 88.7 Å². The second-order valence-corrected chi connectivity index (χ2v) is 7.53. The minimum Gasteiger partial charge on any atom is -0.496 e. The van der Waals surface area contributed by atoms with Crippen LogP contribution < -0.4 is 25.6 Å². The van der Waals surface area contributed by atoms with Crippen LogP contribution in [-0.4, -0.2) is 30.6 Å². The predicted molar refractivity (Wildman–Crippen MR) is 117 cm³/mol. The first-order valence-electron chi connectivity index (χ1n) is 7.51. The standard InChI is InChI=1S/C17H15BrIN3O4S/c1-25-14-7-2-10(8-13(14)19)16(24)21-22-17(27)20-15(23)9-26-12-5-3-11(18)4-6-12/h2-8H,9H2,1H3,(H,21,24)(H2,20,22,23,27). The molecule has 0 radical (unpaired) electrons. The van der Waals surface area contributed by atoms with Gasteiger partial charge in [-0.05, 0) is 77.3 Å². The van der Waals surface area contributed by atoms with Crippen LogP contribution in [0, 0.1) is 3.57 Å². The Bertz CT molecular complexity index is 849. The maximum Gasteiger partial charge on any atom is 0.269 e. The van der Waals surface area contributed by atoms with E-state index in [1.54, 1.807) is 49.6 Å². The van der Waals surface area contributed by atoms with Crippen LogP contribution in [0.25, 0.3) is 0 Å². The highest BCUT2D eigenvalue weighted by Gasteiger charge is 2.10. The van der Waals surface area contributed by atoms with E-state index in [0.717, 1.165) is 8.04 Å². The van der Waals surface area contributed by atoms with Crippen LogP contribution in [0.1, 0.15) is 10.4 Å². The van der Waals surface area contributed by atoms with Crippen molar-refractivity contribution in [1.29, 1.82) is 0 Å². The highest BCUT2D eigenvalue weighted by atomic mass is 127. The van der Waals surface area contributed by atoms with Gasteiger partial charge in [0.2, 0.25) is 0 Å². The second kappa shape index (κ2) is 10.4. The van der Waals surface area contributed by atoms with Crippen LogP contribution in [0.3, 0.4) is 0 Å². The highest BCUT2D eigenvalue weighted by Crippen LogP contribution is 2.21. The molecule has 142 valence electrons. The molecule has 0 atom stereocenters. The second-order valence-electron chi connectivity index (χ2n) is 5.05. The van der Waals surface area contributed by atoms with Crippen LogP contribution >= 0.6 is 50.7 Å². The van der Waals surface area contributed by atoms with E-state index < -0.39 is 11.8 Å². The van der Waals surface area contributed by atoms with Gasteiger partial charge in [-0.15, -0.1) is 0 Å². The first-order chi connectivity index (χ1) is 12.9. The molecule has 2 amide bonds. The maximum atomic E-state index is 12.1. The maximum absolute atomic E-state index is 12.1. The van der Waals surface area contributed by atoms with Gasteiger partial charge in [0, 0.05) is 10.0 Å². The molecule has 3 N–H and O–H groups in total. The van der Waals surface area contributed by atoms with Crippen molar-refractivity contribution in [3.63, 3.8) is 0 Å². The first kappa shape index (κ1) is 21.4. The molecule has 0 bridgehead atoms. The summed E-state index contributed by atoms with van der Waals surface area (Å²) in [4.78, 5) is 23.9. The van der Waals surface area contributed by atoms with E-state index in [9.17, 15) is 9.59 Å². The van der Waals surface area contributed by atoms with Gasteiger partial charge in [-0.1, -0.05) is 15.9 Å². The van der Waals surface area contributed by atoms with Gasteiger partial charge < -0.3 is 9.47 Å². The Morgan fingerprint density at radius 2 is 1.85 bits per heavy atom. The van der Waals surface area contributed by atoms with Gasteiger partial charge in [0.1, 0.15) is 11.5 Å². The Morgan fingerprint density at radius 3 is 2.48 bits per heavy atom. The van der Waals surface area contributed by atoms with Gasteiger partial charge in [-0.25, -0.2) is 0 Å². The van der Waals surface area contributed by atoms with Crippen molar-refractivity contribution >= 4 is 67.7 Å². The molecule has 0 saturated heterocycles. The first-order valence-corrected chi connectivity index (χ1v) is 9.79. The van der Waals surface area contributed by atoms with Crippen LogP contribution in [0.15, 0.2) is 46.9 Å². The third kappa shape index (κ3) is 6.96. The molecular weight excluding hydrogens is 549 g/mol. The van der Waals surface area contributed by atoms with Gasteiger partial charge in [0.25, 0.3) is 11.8 Å². The number of hydrazine groups is 1. The molecule has 0 aliphatic carbocycles. The van der Waals surface area contributed by atoms with Crippen LogP contribution in [-0.2, 0) is 4.79 Å². The number of hydrogen-bond acceptors (Lipinski definition) is 5. The Kier molecular flexibility index (Phi) is 8.25. The molecule has 0 aliphatic rings. The van der Waals surface area contributed by atoms with Gasteiger partial charge in [-0.3, -0.25) is 25.8 Å². The van der Waals surface area contributed by atoms with Crippen LogP contribution in [0.2, 0.25) is 0 Å². The Morgan fingerprint density at radius 1 is 1.15 bits per heavy atom. The third-order valence-electron chi connectivity index (χ3n) is 3.14. The monoisotopic (exact) mass is 563 g/mol. The van der Waals surface area contributed by atoms with E-state index in [1.165, 1.54) is 0 Å². The molecule has 0 heterocycles. The zero-order valence-electron chi connectivity index (χ0n) is 14.0. The fraction of sp³-hybridized carbons (Fsp3) is 0.118. The normalized spacial score (nSPS) is 9.89. The molecule has 0 saturated carbocycles. The van der Waals surface area contributed by atoms with Crippen molar-refractivity contribution in [2.24, 2.45) is 0 Å². The quantitative estimate of drug-likeness (QED) is 0.294. The summed E-state index contributed by atoms with van der Waals surface area (Å²) in [5.74, 6) is 0.366. The molecular formula is C17H15BrIN3O4S. The number of halogens is 2. The van der Waals surface area contributed by atoms with E-state index in [2.05, 4.69) is 54.7 Å². The average molecular weight is 564 g/mol. The molecule has 2 aromatic carbocycles. The third-order valence-corrected chi connectivity index (χ3v) is 4.72. The van der Waals surface area contributed by atoms with E-state index >= 15 is 0 Å². The summed E-state index contributed by atoms with van der Waals surface area (Å²) in [7, 11) is 1.56. The van der Waals surface area contributed by atoms with E-state index in [-0.39, 0.29) is 11.7 Å². The largest absolute Gasteiger partial charge is 0.496 e. The Balaban J connectivity index is 1.76. The number of hydrogen-bond donors (Lipinski definition) is 3. The number of nitrogens with one attached hydrogen (secondary N) is 3. The minimum atomic E-state index is -0.455. The van der Waals surface area contributed by atoms with Crippen molar-refractivity contribution in [3.05, 3.63) is 56.1 Å². The fourth-order valence-electron chi connectivity index (χ4n) is 1.87. The molecule has 0 fully saturated rings. The average Bonchev–Trinajstić information content (AvgIpc) is 2.65. The number of carbonyl (C=O) groups excluding carboxylic acids is 2. The summed E-state index contributed by atoms with van der Waals surface area (Å²) < 4.78 is 12.2. The summed E-state index contributed by atoms with van der Waals surface area (Å²) >= 11 is 10.4. The lowest BCUT2D eigenvalue weighted by atomic mass is 10.2. The van der Waals surface area contributed by atoms with Crippen molar-refractivity contribution in [1.82, 2.24) is 16.2 Å². The van der Waals surface area contributed by atoms with Crippen molar-refractivity contribution in [3.8, 4) is 11.5 Å². The SMILES string of the molecule is COc1ccc(C(=O)NNC(=S)NC(=O)COc2ccc(Br)cc2)cc1I. The Hall–Kier alpha value is -1.92. The minimum absolute atomic E-state index is 0.0454. The zero-order valence-corrected chi connectivity index (χ0v) is 18.6. The summed E-state index contributed by atoms with van der Waals surface area (Å²) in [5, 5.41) is 2.36. The lowest BCUT2D eigenvalue weighted by molar-refractivity contribution is -0.121. The molecule has 2 aromatic rings. The van der Waals surface area contributed by atoms with Gasteiger partial charge >= 0.3 is 0 Å². The molecule has 7 nitrogen and oxygen atoms in total. The molecule has 10 heteroatoms. The van der Waals surface area contributed by atoms with E-state index in [4.69, 9.17) is 21.7 Å². The molecule has 0 aromatic heterocycles. The van der Waals surface area contributed by atoms with Crippen molar-refractivity contribution in [2.45, 2.75) is 0 Å². The molecule has 27 heavy (non-hydrogen) atoms. The van der Waals surface area contributed by atoms with E-state index in [1.807, 2.05) is 0 Å². The predicted octanol–water partition coefficient (Wildman–Crippen LogP) is 2.78. The lowest BCUT2D eigenvalue weighted by Crippen LogP contribution is -2.49. The number of carbonyl (C=O) groups is 2. The number of benzene rings is 2. The number of thiocarbonyl (C=S) groups is 1.